The second kappa shape index (κ2) is 4.93. The Kier molecular flexibility index (Phi) is 2.95. The molecule has 2 aromatic rings. The van der Waals surface area contributed by atoms with Crippen molar-refractivity contribution < 1.29 is 5.11 Å². The molecule has 1 aromatic heterocycles. The van der Waals surface area contributed by atoms with Crippen LogP contribution in [-0.4, -0.2) is 14.5 Å². The van der Waals surface area contributed by atoms with Crippen LogP contribution in [0, 0.1) is 30.6 Å². The molecule has 0 spiro atoms. The van der Waals surface area contributed by atoms with Gasteiger partial charge in [-0.2, -0.15) is 0 Å². The van der Waals surface area contributed by atoms with Crippen molar-refractivity contribution in [2.24, 2.45) is 23.7 Å². The fourth-order valence-electron chi connectivity index (χ4n) is 5.95. The van der Waals surface area contributed by atoms with Gasteiger partial charge in [0.15, 0.2) is 0 Å². The van der Waals surface area contributed by atoms with Crippen molar-refractivity contribution in [1.29, 1.82) is 0 Å². The first kappa shape index (κ1) is 13.8. The van der Waals surface area contributed by atoms with E-state index in [0.29, 0.717) is 11.9 Å². The molecule has 4 bridgehead atoms. The highest BCUT2D eigenvalue weighted by atomic mass is 16.3. The summed E-state index contributed by atoms with van der Waals surface area (Å²) >= 11 is 0. The molecule has 1 heterocycles. The second-order valence-corrected chi connectivity index (χ2v) is 8.34. The molecule has 0 saturated heterocycles. The molecule has 3 nitrogen and oxygen atoms in total. The molecule has 4 saturated carbocycles. The molecule has 4 aliphatic rings. The van der Waals surface area contributed by atoms with E-state index >= 15 is 0 Å². The summed E-state index contributed by atoms with van der Waals surface area (Å²) in [5, 5.41) is 10.3. The Morgan fingerprint density at radius 3 is 2.13 bits per heavy atom. The molecule has 1 N–H and O–H groups in total. The van der Waals surface area contributed by atoms with Gasteiger partial charge in [0.05, 0.1) is 18.8 Å². The van der Waals surface area contributed by atoms with E-state index in [-0.39, 0.29) is 0 Å². The van der Waals surface area contributed by atoms with Crippen LogP contribution in [0.1, 0.15) is 49.3 Å². The van der Waals surface area contributed by atoms with Crippen LogP contribution >= 0.6 is 0 Å². The van der Waals surface area contributed by atoms with Crippen LogP contribution in [0.15, 0.2) is 30.5 Å². The minimum Gasteiger partial charge on any atom is -0.492 e. The van der Waals surface area contributed by atoms with Crippen molar-refractivity contribution in [1.82, 2.24) is 9.36 Å². The van der Waals surface area contributed by atoms with Crippen molar-refractivity contribution in [3.8, 4) is 5.88 Å². The summed E-state index contributed by atoms with van der Waals surface area (Å²) in [5.41, 5.74) is 2.61. The highest BCUT2D eigenvalue weighted by Crippen LogP contribution is 2.59. The van der Waals surface area contributed by atoms with E-state index in [1.807, 2.05) is 6.20 Å². The maximum atomic E-state index is 10.3. The molecule has 23 heavy (non-hydrogen) atoms. The zero-order chi connectivity index (χ0) is 15.6. The van der Waals surface area contributed by atoms with Gasteiger partial charge in [0.2, 0.25) is 5.88 Å². The highest BCUT2D eigenvalue weighted by Gasteiger charge is 2.50. The minimum absolute atomic E-state index is 0.481. The normalized spacial score (nSPS) is 35.1. The predicted molar refractivity (Wildman–Crippen MR) is 90.4 cm³/mol. The monoisotopic (exact) mass is 310 g/mol. The molecule has 0 atom stereocenters. The Hall–Kier alpha value is -1.64. The van der Waals surface area contributed by atoms with Crippen LogP contribution in [-0.2, 0) is 6.54 Å². The third-order valence-corrected chi connectivity index (χ3v) is 6.70. The standard InChI is InChI=1S/C20H26N2O/c1-13-2-4-14(5-3-13)11-21-12-19(23)22(21)20-17-7-15-6-16(9-17)10-18(20)8-15/h2-5,12,15-18,20,23H,6-11H2,1H3. The molecule has 0 radical (unpaired) electrons. The molecular weight excluding hydrogens is 284 g/mol. The van der Waals surface area contributed by atoms with Gasteiger partial charge < -0.3 is 5.11 Å². The van der Waals surface area contributed by atoms with Crippen LogP contribution in [0.2, 0.25) is 0 Å². The maximum absolute atomic E-state index is 10.3. The van der Waals surface area contributed by atoms with E-state index in [1.54, 1.807) is 0 Å². The Balaban J connectivity index is 1.42. The van der Waals surface area contributed by atoms with Crippen LogP contribution < -0.4 is 0 Å². The summed E-state index contributed by atoms with van der Waals surface area (Å²) in [7, 11) is 0. The van der Waals surface area contributed by atoms with Crippen molar-refractivity contribution in [3.63, 3.8) is 0 Å². The molecule has 122 valence electrons. The largest absolute Gasteiger partial charge is 0.492 e. The lowest BCUT2D eigenvalue weighted by Gasteiger charge is -2.55. The summed E-state index contributed by atoms with van der Waals surface area (Å²) in [6.07, 6.45) is 8.94. The zero-order valence-corrected chi connectivity index (χ0v) is 13.9. The Morgan fingerprint density at radius 1 is 0.957 bits per heavy atom. The number of aromatic nitrogens is 2. The topological polar surface area (TPSA) is 30.1 Å². The van der Waals surface area contributed by atoms with E-state index in [2.05, 4.69) is 40.6 Å². The molecule has 0 unspecified atom stereocenters. The summed E-state index contributed by atoms with van der Waals surface area (Å²) in [6, 6.07) is 9.29. The van der Waals surface area contributed by atoms with Gasteiger partial charge in [-0.05, 0) is 68.3 Å². The number of aryl methyl sites for hydroxylation is 1. The summed E-state index contributed by atoms with van der Waals surface area (Å²) in [5.74, 6) is 4.03. The van der Waals surface area contributed by atoms with Crippen LogP contribution in [0.5, 0.6) is 5.88 Å². The average molecular weight is 310 g/mol. The van der Waals surface area contributed by atoms with Crippen molar-refractivity contribution in [3.05, 3.63) is 41.6 Å². The number of nitrogens with zero attached hydrogens (tertiary/aromatic N) is 2. The lowest BCUT2D eigenvalue weighted by Crippen LogP contribution is -2.48. The first-order chi connectivity index (χ1) is 11.2. The smallest absolute Gasteiger partial charge is 0.224 e. The molecular formula is C20H26N2O. The number of hydrogen-bond donors (Lipinski definition) is 1. The molecule has 4 fully saturated rings. The number of aromatic hydroxyl groups is 1. The van der Waals surface area contributed by atoms with Crippen molar-refractivity contribution in [2.75, 3.05) is 0 Å². The lowest BCUT2D eigenvalue weighted by molar-refractivity contribution is -0.0450. The number of rotatable bonds is 3. The predicted octanol–water partition coefficient (Wildman–Crippen LogP) is 4.35. The fourth-order valence-corrected chi connectivity index (χ4v) is 5.95. The third-order valence-electron chi connectivity index (χ3n) is 6.70. The van der Waals surface area contributed by atoms with Gasteiger partial charge in [-0.25, -0.2) is 4.68 Å². The summed E-state index contributed by atoms with van der Waals surface area (Å²) in [6.45, 7) is 2.99. The number of benzene rings is 1. The van der Waals surface area contributed by atoms with E-state index in [4.69, 9.17) is 0 Å². The van der Waals surface area contributed by atoms with E-state index in [0.717, 1.165) is 30.2 Å². The summed E-state index contributed by atoms with van der Waals surface area (Å²) < 4.78 is 4.47. The molecule has 4 aliphatic carbocycles. The van der Waals surface area contributed by atoms with Gasteiger partial charge in [-0.15, -0.1) is 0 Å². The summed E-state index contributed by atoms with van der Waals surface area (Å²) in [4.78, 5) is 0. The lowest BCUT2D eigenvalue weighted by atomic mass is 9.54. The van der Waals surface area contributed by atoms with Gasteiger partial charge in [0.25, 0.3) is 0 Å². The maximum Gasteiger partial charge on any atom is 0.224 e. The molecule has 1 aromatic carbocycles. The Labute approximate surface area is 137 Å². The second-order valence-electron chi connectivity index (χ2n) is 8.34. The first-order valence-electron chi connectivity index (χ1n) is 9.19. The third kappa shape index (κ3) is 2.16. The molecule has 6 rings (SSSR count). The van der Waals surface area contributed by atoms with Gasteiger partial charge in [-0.1, -0.05) is 29.8 Å². The van der Waals surface area contributed by atoms with Crippen LogP contribution in [0.4, 0.5) is 0 Å². The fraction of sp³-hybridized carbons (Fsp3) is 0.600. The van der Waals surface area contributed by atoms with Gasteiger partial charge >= 0.3 is 0 Å². The van der Waals surface area contributed by atoms with Gasteiger partial charge in [0.1, 0.15) is 0 Å². The zero-order valence-electron chi connectivity index (χ0n) is 13.9. The molecule has 0 aliphatic heterocycles. The molecule has 3 heteroatoms. The minimum atomic E-state index is 0.481. The SMILES string of the molecule is Cc1ccc(Cn2cc(O)n2C2C3CC4CC(C3)CC2C4)cc1. The van der Waals surface area contributed by atoms with Crippen molar-refractivity contribution >= 4 is 0 Å². The Morgan fingerprint density at radius 2 is 1.57 bits per heavy atom. The number of hydrogen-bond acceptors (Lipinski definition) is 1. The van der Waals surface area contributed by atoms with Gasteiger partial charge in [0, 0.05) is 0 Å². The first-order valence-corrected chi connectivity index (χ1v) is 9.19. The van der Waals surface area contributed by atoms with E-state index < -0.39 is 0 Å². The quantitative estimate of drug-likeness (QED) is 0.897. The Bertz CT molecular complexity index is 681. The van der Waals surface area contributed by atoms with Crippen LogP contribution in [0.3, 0.4) is 0 Å². The molecule has 0 amide bonds. The van der Waals surface area contributed by atoms with E-state index in [1.165, 1.54) is 43.2 Å². The van der Waals surface area contributed by atoms with Crippen molar-refractivity contribution in [2.45, 2.75) is 51.6 Å². The van der Waals surface area contributed by atoms with Crippen LogP contribution in [0.25, 0.3) is 0 Å². The van der Waals surface area contributed by atoms with E-state index in [9.17, 15) is 5.11 Å². The van der Waals surface area contributed by atoms with Gasteiger partial charge in [-0.3, -0.25) is 4.68 Å². The average Bonchev–Trinajstić information content (AvgIpc) is 2.51. The highest BCUT2D eigenvalue weighted by molar-refractivity contribution is 5.22.